The molecule has 1 aromatic heterocycles. The van der Waals surface area contributed by atoms with Crippen molar-refractivity contribution in [2.45, 2.75) is 58.7 Å². The van der Waals surface area contributed by atoms with Crippen molar-refractivity contribution in [2.75, 3.05) is 32.5 Å². The Morgan fingerprint density at radius 2 is 2.13 bits per heavy atom. The number of amides is 1. The monoisotopic (exact) mass is 425 g/mol. The molecule has 0 saturated carbocycles. The molecule has 1 aromatic carbocycles. The Labute approximate surface area is 185 Å². The quantitative estimate of drug-likeness (QED) is 0.696. The number of carbonyl (C=O) groups excluding carboxylic acids is 1. The summed E-state index contributed by atoms with van der Waals surface area (Å²) in [5.41, 5.74) is 2.31. The van der Waals surface area contributed by atoms with E-state index in [0.29, 0.717) is 18.3 Å². The molecule has 1 fully saturated rings. The molecule has 1 aliphatic rings. The van der Waals surface area contributed by atoms with Gasteiger partial charge in [-0.15, -0.1) is 0 Å². The number of benzene rings is 1. The van der Waals surface area contributed by atoms with Gasteiger partial charge >= 0.3 is 0 Å². The number of nitrogens with zero attached hydrogens (tertiary/aromatic N) is 4. The molecule has 1 amide bonds. The Bertz CT molecular complexity index is 886. The van der Waals surface area contributed by atoms with E-state index < -0.39 is 0 Å². The first kappa shape index (κ1) is 23.0. The zero-order valence-electron chi connectivity index (χ0n) is 19.4. The lowest BCUT2D eigenvalue weighted by Crippen LogP contribution is -2.34. The van der Waals surface area contributed by atoms with Gasteiger partial charge in [-0.1, -0.05) is 12.1 Å². The van der Waals surface area contributed by atoms with Crippen LogP contribution in [0.4, 0.5) is 5.82 Å². The highest BCUT2D eigenvalue weighted by molar-refractivity contribution is 5.72. The Hall–Kier alpha value is -2.67. The Morgan fingerprint density at radius 3 is 2.84 bits per heavy atom. The maximum Gasteiger partial charge on any atom is 0.219 e. The standard InChI is InChI=1S/C24H35N5O2/c1-17(2)31-21-10-6-8-19(12-21)14-29-11-7-9-20(15-29)22-13-23(25-4)27-24(26-22)16-28(5)18(3)30/h6,8,10,12-13,17,20H,7,9,11,14-16H2,1-5H3,(H,25,26,27)/t20-/m1/s1. The highest BCUT2D eigenvalue weighted by Gasteiger charge is 2.24. The number of hydrogen-bond acceptors (Lipinski definition) is 6. The molecule has 1 saturated heterocycles. The van der Waals surface area contributed by atoms with Crippen molar-refractivity contribution in [2.24, 2.45) is 0 Å². The van der Waals surface area contributed by atoms with Crippen LogP contribution in [0.15, 0.2) is 30.3 Å². The van der Waals surface area contributed by atoms with Crippen LogP contribution >= 0.6 is 0 Å². The van der Waals surface area contributed by atoms with Crippen LogP contribution in [0.5, 0.6) is 5.75 Å². The molecule has 0 spiro atoms. The minimum atomic E-state index is 0.00697. The van der Waals surface area contributed by atoms with E-state index in [4.69, 9.17) is 9.72 Å². The number of ether oxygens (including phenoxy) is 1. The molecule has 1 aliphatic heterocycles. The van der Waals surface area contributed by atoms with Crippen molar-refractivity contribution in [3.8, 4) is 5.75 Å². The van der Waals surface area contributed by atoms with Crippen molar-refractivity contribution < 1.29 is 9.53 Å². The van der Waals surface area contributed by atoms with Gasteiger partial charge in [0, 0.05) is 46.1 Å². The first-order valence-electron chi connectivity index (χ1n) is 11.1. The number of rotatable bonds is 8. The third kappa shape index (κ3) is 6.66. The van der Waals surface area contributed by atoms with E-state index in [0.717, 1.165) is 49.7 Å². The van der Waals surface area contributed by atoms with Gasteiger partial charge in [-0.3, -0.25) is 9.69 Å². The van der Waals surface area contributed by atoms with E-state index in [9.17, 15) is 4.79 Å². The second-order valence-electron chi connectivity index (χ2n) is 8.61. The van der Waals surface area contributed by atoms with E-state index in [1.807, 2.05) is 33.0 Å². The summed E-state index contributed by atoms with van der Waals surface area (Å²) in [5.74, 6) is 2.76. The van der Waals surface area contributed by atoms with Crippen LogP contribution in [-0.4, -0.2) is 59.0 Å². The van der Waals surface area contributed by atoms with Crippen LogP contribution in [0, 0.1) is 0 Å². The molecule has 2 aromatic rings. The van der Waals surface area contributed by atoms with Crippen molar-refractivity contribution in [3.05, 3.63) is 47.4 Å². The lowest BCUT2D eigenvalue weighted by molar-refractivity contribution is -0.128. The normalized spacial score (nSPS) is 16.9. The molecule has 168 valence electrons. The number of likely N-dealkylation sites (tertiary alicyclic amines) is 1. The maximum absolute atomic E-state index is 11.6. The smallest absolute Gasteiger partial charge is 0.219 e. The molecule has 7 nitrogen and oxygen atoms in total. The highest BCUT2D eigenvalue weighted by Crippen LogP contribution is 2.28. The number of aromatic nitrogens is 2. The van der Waals surface area contributed by atoms with Gasteiger partial charge in [-0.05, 0) is 50.9 Å². The Kier molecular flexibility index (Phi) is 7.85. The van der Waals surface area contributed by atoms with Crippen LogP contribution in [0.1, 0.15) is 56.6 Å². The summed E-state index contributed by atoms with van der Waals surface area (Å²) < 4.78 is 5.85. The molecule has 2 heterocycles. The molecular weight excluding hydrogens is 390 g/mol. The Morgan fingerprint density at radius 1 is 1.32 bits per heavy atom. The average Bonchev–Trinajstić information content (AvgIpc) is 2.73. The number of piperidine rings is 1. The molecule has 1 N–H and O–H groups in total. The summed E-state index contributed by atoms with van der Waals surface area (Å²) >= 11 is 0. The van der Waals surface area contributed by atoms with Crippen molar-refractivity contribution >= 4 is 11.7 Å². The summed E-state index contributed by atoms with van der Waals surface area (Å²) in [6.45, 7) is 9.00. The fourth-order valence-corrected chi connectivity index (χ4v) is 3.94. The lowest BCUT2D eigenvalue weighted by atomic mass is 9.94. The van der Waals surface area contributed by atoms with Gasteiger partial charge in [-0.25, -0.2) is 9.97 Å². The number of carbonyl (C=O) groups is 1. The van der Waals surface area contributed by atoms with Gasteiger partial charge in [0.15, 0.2) is 0 Å². The molecule has 7 heteroatoms. The van der Waals surface area contributed by atoms with E-state index in [-0.39, 0.29) is 12.0 Å². The molecule has 1 atom stereocenters. The zero-order valence-corrected chi connectivity index (χ0v) is 19.4. The first-order valence-corrected chi connectivity index (χ1v) is 11.1. The number of anilines is 1. The first-order chi connectivity index (χ1) is 14.8. The van der Waals surface area contributed by atoms with Gasteiger partial charge in [0.1, 0.15) is 17.4 Å². The second kappa shape index (κ2) is 10.6. The SMILES string of the molecule is CNc1cc([C@@H]2CCCN(Cc3cccc(OC(C)C)c3)C2)nc(CN(C)C(C)=O)n1. The van der Waals surface area contributed by atoms with E-state index in [2.05, 4.69) is 33.4 Å². The third-order valence-corrected chi connectivity index (χ3v) is 5.56. The van der Waals surface area contributed by atoms with E-state index in [1.54, 1.807) is 18.9 Å². The molecule has 0 bridgehead atoms. The summed E-state index contributed by atoms with van der Waals surface area (Å²) in [4.78, 5) is 25.1. The molecule has 0 radical (unpaired) electrons. The van der Waals surface area contributed by atoms with Gasteiger partial charge in [0.25, 0.3) is 0 Å². The largest absolute Gasteiger partial charge is 0.491 e. The van der Waals surface area contributed by atoms with Crippen molar-refractivity contribution in [3.63, 3.8) is 0 Å². The number of nitrogens with one attached hydrogen (secondary N) is 1. The summed E-state index contributed by atoms with van der Waals surface area (Å²) in [7, 11) is 3.64. The lowest BCUT2D eigenvalue weighted by Gasteiger charge is -2.33. The van der Waals surface area contributed by atoms with Gasteiger partial charge in [0.05, 0.1) is 18.3 Å². The molecule has 31 heavy (non-hydrogen) atoms. The zero-order chi connectivity index (χ0) is 22.4. The summed E-state index contributed by atoms with van der Waals surface area (Å²) in [5, 5.41) is 3.14. The molecule has 0 unspecified atom stereocenters. The third-order valence-electron chi connectivity index (χ3n) is 5.56. The van der Waals surface area contributed by atoms with Crippen LogP contribution in [0.3, 0.4) is 0 Å². The van der Waals surface area contributed by atoms with Gasteiger partial charge in [0.2, 0.25) is 5.91 Å². The minimum Gasteiger partial charge on any atom is -0.491 e. The van der Waals surface area contributed by atoms with Crippen molar-refractivity contribution in [1.82, 2.24) is 19.8 Å². The minimum absolute atomic E-state index is 0.00697. The second-order valence-corrected chi connectivity index (χ2v) is 8.61. The van der Waals surface area contributed by atoms with Crippen LogP contribution in [-0.2, 0) is 17.9 Å². The predicted octanol–water partition coefficient (Wildman–Crippen LogP) is 3.66. The Balaban J connectivity index is 1.72. The van der Waals surface area contributed by atoms with Crippen LogP contribution in [0.25, 0.3) is 0 Å². The fraction of sp³-hybridized carbons (Fsp3) is 0.542. The summed E-state index contributed by atoms with van der Waals surface area (Å²) in [6, 6.07) is 10.4. The fourth-order valence-electron chi connectivity index (χ4n) is 3.94. The van der Waals surface area contributed by atoms with Gasteiger partial charge in [-0.2, -0.15) is 0 Å². The maximum atomic E-state index is 11.6. The highest BCUT2D eigenvalue weighted by atomic mass is 16.5. The van der Waals surface area contributed by atoms with Crippen LogP contribution in [0.2, 0.25) is 0 Å². The average molecular weight is 426 g/mol. The summed E-state index contributed by atoms with van der Waals surface area (Å²) in [6.07, 6.45) is 2.41. The predicted molar refractivity (Wildman–Crippen MR) is 123 cm³/mol. The van der Waals surface area contributed by atoms with Gasteiger partial charge < -0.3 is 15.0 Å². The van der Waals surface area contributed by atoms with E-state index in [1.165, 1.54) is 5.56 Å². The topological polar surface area (TPSA) is 70.6 Å². The van der Waals surface area contributed by atoms with Crippen molar-refractivity contribution in [1.29, 1.82) is 0 Å². The molecule has 3 rings (SSSR count). The van der Waals surface area contributed by atoms with Crippen LogP contribution < -0.4 is 10.1 Å². The van der Waals surface area contributed by atoms with E-state index >= 15 is 0 Å². The molecule has 0 aliphatic carbocycles. The molecular formula is C24H35N5O2. The number of hydrogen-bond donors (Lipinski definition) is 1.